The van der Waals surface area contributed by atoms with Crippen molar-refractivity contribution < 1.29 is 14.2 Å². The summed E-state index contributed by atoms with van der Waals surface area (Å²) in [4.78, 5) is 0. The first-order valence-electron chi connectivity index (χ1n) is 5.28. The zero-order valence-electron chi connectivity index (χ0n) is 9.37. The minimum absolute atomic E-state index is 0.308. The van der Waals surface area contributed by atoms with Gasteiger partial charge in [-0.15, -0.1) is 0 Å². The summed E-state index contributed by atoms with van der Waals surface area (Å²) in [5.41, 5.74) is 1.17. The maximum atomic E-state index is 5.59. The molecular formula is C12H16O3. The first kappa shape index (κ1) is 10.1. The average molecular weight is 208 g/mol. The second-order valence-corrected chi connectivity index (χ2v) is 3.83. The molecule has 15 heavy (non-hydrogen) atoms. The zero-order chi connectivity index (χ0) is 10.8. The van der Waals surface area contributed by atoms with Crippen LogP contribution in [0.15, 0.2) is 12.1 Å². The average Bonchev–Trinajstić information content (AvgIpc) is 2.63. The Morgan fingerprint density at radius 1 is 1.27 bits per heavy atom. The molecule has 0 saturated heterocycles. The van der Waals surface area contributed by atoms with Crippen LogP contribution in [0.2, 0.25) is 0 Å². The van der Waals surface area contributed by atoms with Crippen molar-refractivity contribution >= 4 is 0 Å². The van der Waals surface area contributed by atoms with Gasteiger partial charge in [0.25, 0.3) is 0 Å². The van der Waals surface area contributed by atoms with Gasteiger partial charge < -0.3 is 14.2 Å². The molecular weight excluding hydrogens is 192 g/mol. The van der Waals surface area contributed by atoms with Gasteiger partial charge in [0.2, 0.25) is 6.79 Å². The SMILES string of the molecule is CCOc1cc2c(cc1C(C)C)OCO2. The van der Waals surface area contributed by atoms with Crippen LogP contribution >= 0.6 is 0 Å². The van der Waals surface area contributed by atoms with Crippen LogP contribution in [0.25, 0.3) is 0 Å². The predicted molar refractivity (Wildman–Crippen MR) is 57.8 cm³/mol. The van der Waals surface area contributed by atoms with Gasteiger partial charge in [0.05, 0.1) is 6.61 Å². The quantitative estimate of drug-likeness (QED) is 0.764. The summed E-state index contributed by atoms with van der Waals surface area (Å²) >= 11 is 0. The van der Waals surface area contributed by atoms with Gasteiger partial charge >= 0.3 is 0 Å². The summed E-state index contributed by atoms with van der Waals surface area (Å²) in [5.74, 6) is 2.92. The van der Waals surface area contributed by atoms with E-state index in [0.29, 0.717) is 19.3 Å². The summed E-state index contributed by atoms with van der Waals surface area (Å²) in [6.07, 6.45) is 0. The van der Waals surface area contributed by atoms with Crippen molar-refractivity contribution in [1.82, 2.24) is 0 Å². The lowest BCUT2D eigenvalue weighted by atomic mass is 10.0. The first-order valence-corrected chi connectivity index (χ1v) is 5.28. The molecule has 3 heteroatoms. The fourth-order valence-corrected chi connectivity index (χ4v) is 1.67. The van der Waals surface area contributed by atoms with Gasteiger partial charge in [0.1, 0.15) is 5.75 Å². The minimum Gasteiger partial charge on any atom is -0.493 e. The van der Waals surface area contributed by atoms with E-state index in [2.05, 4.69) is 13.8 Å². The second kappa shape index (κ2) is 4.01. The topological polar surface area (TPSA) is 27.7 Å². The molecule has 0 amide bonds. The van der Waals surface area contributed by atoms with E-state index in [9.17, 15) is 0 Å². The highest BCUT2D eigenvalue weighted by molar-refractivity contribution is 5.52. The van der Waals surface area contributed by atoms with Crippen molar-refractivity contribution in [3.8, 4) is 17.2 Å². The molecule has 0 unspecified atom stereocenters. The molecule has 1 aliphatic rings. The number of rotatable bonds is 3. The molecule has 0 radical (unpaired) electrons. The van der Waals surface area contributed by atoms with Crippen LogP contribution in [0.5, 0.6) is 17.2 Å². The van der Waals surface area contributed by atoms with Gasteiger partial charge in [-0.3, -0.25) is 0 Å². The Morgan fingerprint density at radius 2 is 1.93 bits per heavy atom. The molecule has 1 aliphatic heterocycles. The van der Waals surface area contributed by atoms with Crippen molar-refractivity contribution in [3.63, 3.8) is 0 Å². The molecule has 82 valence electrons. The van der Waals surface area contributed by atoms with Crippen LogP contribution < -0.4 is 14.2 Å². The van der Waals surface area contributed by atoms with Crippen LogP contribution in [0.3, 0.4) is 0 Å². The Hall–Kier alpha value is -1.38. The summed E-state index contributed by atoms with van der Waals surface area (Å²) in [7, 11) is 0. The summed E-state index contributed by atoms with van der Waals surface area (Å²) < 4.78 is 16.3. The lowest BCUT2D eigenvalue weighted by molar-refractivity contribution is 0.173. The van der Waals surface area contributed by atoms with E-state index in [1.54, 1.807) is 0 Å². The van der Waals surface area contributed by atoms with Crippen LogP contribution in [0, 0.1) is 0 Å². The summed E-state index contributed by atoms with van der Waals surface area (Å²) in [6.45, 7) is 7.23. The highest BCUT2D eigenvalue weighted by atomic mass is 16.7. The van der Waals surface area contributed by atoms with Gasteiger partial charge in [-0.05, 0) is 18.9 Å². The maximum absolute atomic E-state index is 5.59. The molecule has 0 N–H and O–H groups in total. The highest BCUT2D eigenvalue weighted by Gasteiger charge is 2.19. The number of fused-ring (bicyclic) bond motifs is 1. The lowest BCUT2D eigenvalue weighted by Gasteiger charge is -2.13. The molecule has 0 atom stereocenters. The Balaban J connectivity index is 2.42. The molecule has 3 nitrogen and oxygen atoms in total. The van der Waals surface area contributed by atoms with Crippen LogP contribution in [0.1, 0.15) is 32.3 Å². The van der Waals surface area contributed by atoms with Crippen LogP contribution in [-0.2, 0) is 0 Å². The van der Waals surface area contributed by atoms with Gasteiger partial charge in [0.15, 0.2) is 11.5 Å². The van der Waals surface area contributed by atoms with Crippen molar-refractivity contribution in [3.05, 3.63) is 17.7 Å². The van der Waals surface area contributed by atoms with Crippen LogP contribution in [-0.4, -0.2) is 13.4 Å². The highest BCUT2D eigenvalue weighted by Crippen LogP contribution is 2.40. The van der Waals surface area contributed by atoms with Gasteiger partial charge in [-0.2, -0.15) is 0 Å². The molecule has 1 aromatic rings. The van der Waals surface area contributed by atoms with Gasteiger partial charge in [-0.25, -0.2) is 0 Å². The van der Waals surface area contributed by atoms with E-state index < -0.39 is 0 Å². The third-order valence-corrected chi connectivity index (χ3v) is 2.43. The van der Waals surface area contributed by atoms with E-state index >= 15 is 0 Å². The molecule has 0 aliphatic carbocycles. The van der Waals surface area contributed by atoms with Crippen LogP contribution in [0.4, 0.5) is 0 Å². The largest absolute Gasteiger partial charge is 0.493 e. The van der Waals surface area contributed by atoms with E-state index in [4.69, 9.17) is 14.2 Å². The van der Waals surface area contributed by atoms with Crippen molar-refractivity contribution in [1.29, 1.82) is 0 Å². The molecule has 0 fully saturated rings. The predicted octanol–water partition coefficient (Wildman–Crippen LogP) is 2.94. The van der Waals surface area contributed by atoms with Crippen molar-refractivity contribution in [2.45, 2.75) is 26.7 Å². The molecule has 0 saturated carbocycles. The number of hydrogen-bond acceptors (Lipinski definition) is 3. The van der Waals surface area contributed by atoms with Gasteiger partial charge in [0, 0.05) is 11.6 Å². The van der Waals surface area contributed by atoms with E-state index in [-0.39, 0.29) is 0 Å². The van der Waals surface area contributed by atoms with Crippen molar-refractivity contribution in [2.75, 3.05) is 13.4 Å². The van der Waals surface area contributed by atoms with E-state index in [0.717, 1.165) is 17.2 Å². The zero-order valence-corrected chi connectivity index (χ0v) is 9.37. The standard InChI is InChI=1S/C12H16O3/c1-4-13-10-6-12-11(14-7-15-12)5-9(10)8(2)3/h5-6,8H,4,7H2,1-3H3. The molecule has 2 rings (SSSR count). The monoisotopic (exact) mass is 208 g/mol. The summed E-state index contributed by atoms with van der Waals surface area (Å²) in [6, 6.07) is 3.93. The van der Waals surface area contributed by atoms with E-state index in [1.165, 1.54) is 5.56 Å². The fraction of sp³-hybridized carbons (Fsp3) is 0.500. The second-order valence-electron chi connectivity index (χ2n) is 3.83. The number of hydrogen-bond donors (Lipinski definition) is 0. The molecule has 1 heterocycles. The minimum atomic E-state index is 0.308. The Labute approximate surface area is 90.0 Å². The third kappa shape index (κ3) is 1.87. The molecule has 1 aromatic carbocycles. The fourth-order valence-electron chi connectivity index (χ4n) is 1.67. The first-order chi connectivity index (χ1) is 7.22. The normalized spacial score (nSPS) is 13.3. The molecule has 0 spiro atoms. The third-order valence-electron chi connectivity index (χ3n) is 2.43. The van der Waals surface area contributed by atoms with Crippen molar-refractivity contribution in [2.24, 2.45) is 0 Å². The Kier molecular flexibility index (Phi) is 2.71. The van der Waals surface area contributed by atoms with E-state index in [1.807, 2.05) is 19.1 Å². The Morgan fingerprint density at radius 3 is 2.53 bits per heavy atom. The molecule has 0 bridgehead atoms. The number of ether oxygens (including phenoxy) is 3. The maximum Gasteiger partial charge on any atom is 0.231 e. The smallest absolute Gasteiger partial charge is 0.231 e. The Bertz CT molecular complexity index is 358. The number of benzene rings is 1. The lowest BCUT2D eigenvalue weighted by Crippen LogP contribution is -1.98. The molecule has 0 aromatic heterocycles. The van der Waals surface area contributed by atoms with Gasteiger partial charge in [-0.1, -0.05) is 13.8 Å². The summed E-state index contributed by atoms with van der Waals surface area (Å²) in [5, 5.41) is 0.